The monoisotopic (exact) mass is 320 g/mol. The van der Waals surface area contributed by atoms with Gasteiger partial charge in [0.05, 0.1) is 0 Å². The van der Waals surface area contributed by atoms with E-state index in [9.17, 15) is 9.59 Å². The minimum Gasteiger partial charge on any atom is -0.346 e. The smallest absolute Gasteiger partial charge is 0.261 e. The highest BCUT2D eigenvalue weighted by atomic mass is 16.2. The molecule has 1 aromatic heterocycles. The summed E-state index contributed by atoms with van der Waals surface area (Å²) in [5.41, 5.74) is 1.30. The van der Waals surface area contributed by atoms with Crippen molar-refractivity contribution in [3.8, 4) is 0 Å². The van der Waals surface area contributed by atoms with E-state index in [0.29, 0.717) is 0 Å². The quantitative estimate of drug-likeness (QED) is 0.745. The average molecular weight is 320 g/mol. The molecule has 1 aliphatic heterocycles. The average Bonchev–Trinajstić information content (AvgIpc) is 2.49. The number of nitrogens with zero attached hydrogens (tertiary/aromatic N) is 1. The molecule has 0 aliphatic carbocycles. The molecule has 0 spiro atoms. The van der Waals surface area contributed by atoms with E-state index in [-0.39, 0.29) is 17.0 Å². The van der Waals surface area contributed by atoms with E-state index in [1.807, 2.05) is 27.7 Å². The Kier molecular flexibility index (Phi) is 5.59. The molecule has 1 fully saturated rings. The number of aromatic nitrogens is 1. The van der Waals surface area contributed by atoms with Crippen molar-refractivity contribution in [2.75, 3.05) is 32.7 Å². The summed E-state index contributed by atoms with van der Waals surface area (Å²) in [6, 6.07) is 1.69. The van der Waals surface area contributed by atoms with Crippen LogP contribution in [0.3, 0.4) is 0 Å². The second-order valence-electron chi connectivity index (χ2n) is 6.89. The molecule has 1 aromatic rings. The van der Waals surface area contributed by atoms with Gasteiger partial charge >= 0.3 is 0 Å². The minimum absolute atomic E-state index is 0.188. The third-order valence-corrected chi connectivity index (χ3v) is 4.22. The fourth-order valence-electron chi connectivity index (χ4n) is 3.05. The van der Waals surface area contributed by atoms with Crippen molar-refractivity contribution in [1.82, 2.24) is 20.5 Å². The summed E-state index contributed by atoms with van der Waals surface area (Å²) in [4.78, 5) is 29.8. The molecular weight excluding hydrogens is 292 g/mol. The number of amides is 1. The summed E-state index contributed by atoms with van der Waals surface area (Å²) in [6.07, 6.45) is 0.747. The van der Waals surface area contributed by atoms with Crippen LogP contribution in [-0.4, -0.2) is 54.1 Å². The number of nitrogens with one attached hydrogen (secondary N) is 3. The van der Waals surface area contributed by atoms with Crippen LogP contribution < -0.4 is 16.2 Å². The van der Waals surface area contributed by atoms with Crippen LogP contribution in [0.15, 0.2) is 10.9 Å². The Balaban J connectivity index is 2.08. The number of hydrogen-bond acceptors (Lipinski definition) is 4. The molecule has 0 radical (unpaired) electrons. The van der Waals surface area contributed by atoms with Crippen LogP contribution in [0.25, 0.3) is 0 Å². The number of aromatic amines is 1. The summed E-state index contributed by atoms with van der Waals surface area (Å²) in [5.74, 6) is -0.308. The summed E-state index contributed by atoms with van der Waals surface area (Å²) < 4.78 is 0. The maximum Gasteiger partial charge on any atom is 0.261 e. The van der Waals surface area contributed by atoms with Gasteiger partial charge in [0.2, 0.25) is 0 Å². The van der Waals surface area contributed by atoms with Gasteiger partial charge in [0, 0.05) is 44.0 Å². The Bertz CT molecular complexity index is 616. The topological polar surface area (TPSA) is 77.2 Å². The molecular formula is C17H28N4O2. The van der Waals surface area contributed by atoms with Gasteiger partial charge in [-0.15, -0.1) is 0 Å². The van der Waals surface area contributed by atoms with E-state index in [0.717, 1.165) is 50.4 Å². The van der Waals surface area contributed by atoms with Gasteiger partial charge in [0.15, 0.2) is 0 Å². The highest BCUT2D eigenvalue weighted by Gasteiger charge is 2.26. The lowest BCUT2D eigenvalue weighted by atomic mass is 10.0. The molecule has 0 aromatic carbocycles. The molecule has 6 nitrogen and oxygen atoms in total. The van der Waals surface area contributed by atoms with Crippen molar-refractivity contribution in [1.29, 1.82) is 0 Å². The van der Waals surface area contributed by atoms with Gasteiger partial charge < -0.3 is 15.6 Å². The van der Waals surface area contributed by atoms with Crippen LogP contribution in [0.5, 0.6) is 0 Å². The number of H-pyrrole nitrogens is 1. The number of piperazine rings is 1. The molecule has 23 heavy (non-hydrogen) atoms. The highest BCUT2D eigenvalue weighted by Crippen LogP contribution is 2.10. The number of carbonyl (C=O) groups is 1. The van der Waals surface area contributed by atoms with Crippen molar-refractivity contribution < 1.29 is 4.79 Å². The van der Waals surface area contributed by atoms with Gasteiger partial charge in [0.25, 0.3) is 11.5 Å². The van der Waals surface area contributed by atoms with Crippen LogP contribution in [-0.2, 0) is 6.42 Å². The van der Waals surface area contributed by atoms with Crippen molar-refractivity contribution in [3.63, 3.8) is 0 Å². The zero-order valence-corrected chi connectivity index (χ0v) is 14.6. The van der Waals surface area contributed by atoms with Crippen molar-refractivity contribution in [2.24, 2.45) is 0 Å². The second-order valence-corrected chi connectivity index (χ2v) is 6.89. The van der Waals surface area contributed by atoms with Gasteiger partial charge in [-0.25, -0.2) is 0 Å². The van der Waals surface area contributed by atoms with Gasteiger partial charge in [-0.3, -0.25) is 14.5 Å². The lowest BCUT2D eigenvalue weighted by molar-refractivity contribution is 0.0880. The first-order chi connectivity index (χ1) is 10.8. The van der Waals surface area contributed by atoms with Gasteiger partial charge in [-0.2, -0.15) is 0 Å². The van der Waals surface area contributed by atoms with Crippen molar-refractivity contribution in [2.45, 2.75) is 39.7 Å². The first-order valence-corrected chi connectivity index (χ1v) is 8.31. The highest BCUT2D eigenvalue weighted by molar-refractivity contribution is 5.94. The largest absolute Gasteiger partial charge is 0.346 e. The molecule has 0 atom stereocenters. The summed E-state index contributed by atoms with van der Waals surface area (Å²) >= 11 is 0. The molecule has 0 bridgehead atoms. The molecule has 0 saturated carbocycles. The summed E-state index contributed by atoms with van der Waals surface area (Å²) in [7, 11) is 0. The van der Waals surface area contributed by atoms with E-state index in [1.54, 1.807) is 6.07 Å². The predicted molar refractivity (Wildman–Crippen MR) is 92.0 cm³/mol. The fourth-order valence-corrected chi connectivity index (χ4v) is 3.05. The molecule has 1 saturated heterocycles. The normalized spacial score (nSPS) is 16.3. The Morgan fingerprint density at radius 3 is 2.61 bits per heavy atom. The van der Waals surface area contributed by atoms with E-state index in [1.165, 1.54) is 0 Å². The maximum absolute atomic E-state index is 12.5. The number of aryl methyl sites for hydroxylation is 2. The van der Waals surface area contributed by atoms with Gasteiger partial charge in [-0.05, 0) is 38.8 Å². The summed E-state index contributed by atoms with van der Waals surface area (Å²) in [6.45, 7) is 12.6. The SMILES string of the molecule is CCc1[nH]c(=O)c(C(=O)NC(C)(C)CN2CCNCC2)cc1C. The standard InChI is InChI=1S/C17H28N4O2/c1-5-14-12(2)10-13(15(22)19-14)16(23)20-17(3,4)11-21-8-6-18-7-9-21/h10,18H,5-9,11H2,1-4H3,(H,19,22)(H,20,23). The number of hydrogen-bond donors (Lipinski definition) is 3. The van der Waals surface area contributed by atoms with Gasteiger partial charge in [-0.1, -0.05) is 6.92 Å². The number of carbonyl (C=O) groups excluding carboxylic acids is 1. The van der Waals surface area contributed by atoms with Crippen LogP contribution in [0, 0.1) is 6.92 Å². The Labute approximate surface area is 137 Å². The van der Waals surface area contributed by atoms with E-state index in [2.05, 4.69) is 20.5 Å². The molecule has 2 rings (SSSR count). The number of rotatable bonds is 5. The third kappa shape index (κ3) is 4.65. The molecule has 2 heterocycles. The lowest BCUT2D eigenvalue weighted by Gasteiger charge is -2.35. The fraction of sp³-hybridized carbons (Fsp3) is 0.647. The first-order valence-electron chi connectivity index (χ1n) is 8.31. The maximum atomic E-state index is 12.5. The van der Waals surface area contributed by atoms with Gasteiger partial charge in [0.1, 0.15) is 5.56 Å². The van der Waals surface area contributed by atoms with Crippen LogP contribution in [0.1, 0.15) is 42.4 Å². The Morgan fingerprint density at radius 1 is 1.35 bits per heavy atom. The van der Waals surface area contributed by atoms with Crippen LogP contribution >= 0.6 is 0 Å². The Morgan fingerprint density at radius 2 is 2.00 bits per heavy atom. The van der Waals surface area contributed by atoms with Crippen LogP contribution in [0.2, 0.25) is 0 Å². The van der Waals surface area contributed by atoms with E-state index >= 15 is 0 Å². The zero-order valence-electron chi connectivity index (χ0n) is 14.6. The molecule has 0 unspecified atom stereocenters. The number of pyridine rings is 1. The van der Waals surface area contributed by atoms with E-state index < -0.39 is 5.54 Å². The molecule has 6 heteroatoms. The molecule has 1 aliphatic rings. The minimum atomic E-state index is -0.391. The summed E-state index contributed by atoms with van der Waals surface area (Å²) in [5, 5.41) is 6.32. The zero-order chi connectivity index (χ0) is 17.0. The van der Waals surface area contributed by atoms with Crippen LogP contribution in [0.4, 0.5) is 0 Å². The van der Waals surface area contributed by atoms with Crippen molar-refractivity contribution in [3.05, 3.63) is 33.2 Å². The third-order valence-electron chi connectivity index (χ3n) is 4.22. The molecule has 128 valence electrons. The lowest BCUT2D eigenvalue weighted by Crippen LogP contribution is -2.55. The Hall–Kier alpha value is -1.66. The second kappa shape index (κ2) is 7.27. The first kappa shape index (κ1) is 17.7. The van der Waals surface area contributed by atoms with E-state index in [4.69, 9.17) is 0 Å². The molecule has 1 amide bonds. The molecule has 3 N–H and O–H groups in total. The van der Waals surface area contributed by atoms with Crippen molar-refractivity contribution >= 4 is 5.91 Å². The predicted octanol–water partition coefficient (Wildman–Crippen LogP) is 0.659.